The van der Waals surface area contributed by atoms with Gasteiger partial charge in [-0.1, -0.05) is 0 Å². The van der Waals surface area contributed by atoms with Gasteiger partial charge in [-0.15, -0.1) is 0 Å². The third-order valence-corrected chi connectivity index (χ3v) is 4.28. The zero-order chi connectivity index (χ0) is 17.4. The van der Waals surface area contributed by atoms with E-state index >= 15 is 0 Å². The SMILES string of the molecule is Cc1cc(S(=O)(=O)NC(=O)c2ncccc2C(F)(F)F)c(C)o1. The average molecular weight is 348 g/mol. The molecule has 2 aromatic rings. The van der Waals surface area contributed by atoms with Crippen LogP contribution in [0, 0.1) is 13.8 Å². The Morgan fingerprint density at radius 3 is 2.48 bits per heavy atom. The van der Waals surface area contributed by atoms with E-state index in [1.165, 1.54) is 13.8 Å². The molecular weight excluding hydrogens is 337 g/mol. The van der Waals surface area contributed by atoms with Crippen molar-refractivity contribution < 1.29 is 30.8 Å². The number of pyridine rings is 1. The number of nitrogens with one attached hydrogen (secondary N) is 1. The number of furan rings is 1. The molecule has 6 nitrogen and oxygen atoms in total. The maximum atomic E-state index is 12.8. The van der Waals surface area contributed by atoms with Gasteiger partial charge in [0.15, 0.2) is 0 Å². The van der Waals surface area contributed by atoms with Crippen molar-refractivity contribution in [2.24, 2.45) is 0 Å². The third-order valence-electron chi connectivity index (χ3n) is 2.84. The third kappa shape index (κ3) is 3.52. The molecule has 0 fully saturated rings. The van der Waals surface area contributed by atoms with Crippen LogP contribution in [-0.2, 0) is 16.2 Å². The molecule has 1 amide bonds. The van der Waals surface area contributed by atoms with Crippen LogP contribution in [0.25, 0.3) is 0 Å². The van der Waals surface area contributed by atoms with E-state index in [4.69, 9.17) is 4.42 Å². The van der Waals surface area contributed by atoms with E-state index in [-0.39, 0.29) is 16.4 Å². The van der Waals surface area contributed by atoms with Gasteiger partial charge in [-0.3, -0.25) is 9.78 Å². The van der Waals surface area contributed by atoms with E-state index in [2.05, 4.69) is 4.98 Å². The molecule has 0 saturated carbocycles. The molecule has 124 valence electrons. The molecule has 23 heavy (non-hydrogen) atoms. The van der Waals surface area contributed by atoms with E-state index in [1.54, 1.807) is 4.72 Å². The molecule has 0 bridgehead atoms. The molecule has 0 aliphatic carbocycles. The minimum atomic E-state index is -4.84. The number of aryl methyl sites for hydroxylation is 2. The summed E-state index contributed by atoms with van der Waals surface area (Å²) in [6.07, 6.45) is -3.88. The van der Waals surface area contributed by atoms with Gasteiger partial charge in [-0.2, -0.15) is 13.2 Å². The van der Waals surface area contributed by atoms with Crippen LogP contribution in [0.3, 0.4) is 0 Å². The lowest BCUT2D eigenvalue weighted by Crippen LogP contribution is -2.33. The molecule has 2 heterocycles. The molecule has 2 rings (SSSR count). The summed E-state index contributed by atoms with van der Waals surface area (Å²) in [5, 5.41) is 0. The zero-order valence-corrected chi connectivity index (χ0v) is 12.7. The largest absolute Gasteiger partial charge is 0.465 e. The van der Waals surface area contributed by atoms with Gasteiger partial charge < -0.3 is 4.42 Å². The predicted octanol–water partition coefficient (Wildman–Crippen LogP) is 2.43. The number of carbonyl (C=O) groups excluding carboxylic acids is 1. The van der Waals surface area contributed by atoms with Crippen molar-refractivity contribution in [3.63, 3.8) is 0 Å². The quantitative estimate of drug-likeness (QED) is 0.920. The lowest BCUT2D eigenvalue weighted by Gasteiger charge is -2.11. The highest BCUT2D eigenvalue weighted by Gasteiger charge is 2.37. The first kappa shape index (κ1) is 17.0. The molecule has 0 unspecified atom stereocenters. The second-order valence-electron chi connectivity index (χ2n) is 4.61. The van der Waals surface area contributed by atoms with Crippen LogP contribution >= 0.6 is 0 Å². The Kier molecular flexibility index (Phi) is 4.20. The summed E-state index contributed by atoms with van der Waals surface area (Å²) in [6.45, 7) is 2.85. The molecule has 0 spiro atoms. The van der Waals surface area contributed by atoms with Gasteiger partial charge in [0.1, 0.15) is 22.1 Å². The number of hydrogen-bond donors (Lipinski definition) is 1. The van der Waals surface area contributed by atoms with Crippen LogP contribution in [0.2, 0.25) is 0 Å². The number of amides is 1. The number of alkyl halides is 3. The van der Waals surface area contributed by atoms with Crippen molar-refractivity contribution in [2.45, 2.75) is 24.9 Å². The van der Waals surface area contributed by atoms with Gasteiger partial charge in [0.2, 0.25) is 0 Å². The van der Waals surface area contributed by atoms with Crippen LogP contribution < -0.4 is 4.72 Å². The molecule has 0 radical (unpaired) electrons. The molecule has 2 aromatic heterocycles. The lowest BCUT2D eigenvalue weighted by molar-refractivity contribution is -0.138. The second-order valence-corrected chi connectivity index (χ2v) is 6.26. The smallest absolute Gasteiger partial charge is 0.418 e. The Labute approximate surface area is 129 Å². The lowest BCUT2D eigenvalue weighted by atomic mass is 10.2. The fourth-order valence-corrected chi connectivity index (χ4v) is 3.11. The maximum Gasteiger partial charge on any atom is 0.418 e. The summed E-state index contributed by atoms with van der Waals surface area (Å²) in [6, 6.07) is 2.80. The van der Waals surface area contributed by atoms with E-state index in [9.17, 15) is 26.4 Å². The summed E-state index contributed by atoms with van der Waals surface area (Å²) in [5.41, 5.74) is -2.35. The van der Waals surface area contributed by atoms with Gasteiger partial charge in [-0.25, -0.2) is 13.1 Å². The van der Waals surface area contributed by atoms with Crippen molar-refractivity contribution in [1.29, 1.82) is 0 Å². The van der Waals surface area contributed by atoms with Crippen molar-refractivity contribution in [1.82, 2.24) is 9.71 Å². The van der Waals surface area contributed by atoms with Crippen molar-refractivity contribution in [3.05, 3.63) is 47.2 Å². The summed E-state index contributed by atoms with van der Waals surface area (Å²) in [7, 11) is -4.38. The topological polar surface area (TPSA) is 89.3 Å². The predicted molar refractivity (Wildman–Crippen MR) is 72.1 cm³/mol. The van der Waals surface area contributed by atoms with Gasteiger partial charge in [-0.05, 0) is 26.0 Å². The van der Waals surface area contributed by atoms with E-state index < -0.39 is 33.4 Å². The number of nitrogens with zero attached hydrogens (tertiary/aromatic N) is 1. The normalized spacial score (nSPS) is 12.2. The minimum absolute atomic E-state index is 0.0138. The van der Waals surface area contributed by atoms with Gasteiger partial charge in [0.05, 0.1) is 5.56 Å². The standard InChI is InChI=1S/C13H11F3N2O4S/c1-7-6-10(8(2)22-7)23(20,21)18-12(19)11-9(13(14,15)16)4-3-5-17-11/h3-6H,1-2H3,(H,18,19). The summed E-state index contributed by atoms with van der Waals surface area (Å²) < 4.78 is 69.4. The van der Waals surface area contributed by atoms with Gasteiger partial charge in [0, 0.05) is 12.3 Å². The maximum absolute atomic E-state index is 12.8. The molecule has 0 aliphatic heterocycles. The molecule has 0 atom stereocenters. The molecular formula is C13H11F3N2O4S. The van der Waals surface area contributed by atoms with Crippen LogP contribution in [0.1, 0.15) is 27.6 Å². The average Bonchev–Trinajstić information content (AvgIpc) is 2.77. The van der Waals surface area contributed by atoms with Crippen molar-refractivity contribution in [2.75, 3.05) is 0 Å². The van der Waals surface area contributed by atoms with Crippen LogP contribution in [0.4, 0.5) is 13.2 Å². The highest BCUT2D eigenvalue weighted by molar-refractivity contribution is 7.90. The summed E-state index contributed by atoms with van der Waals surface area (Å²) >= 11 is 0. The first-order valence-electron chi connectivity index (χ1n) is 6.19. The molecule has 1 N–H and O–H groups in total. The van der Waals surface area contributed by atoms with Crippen molar-refractivity contribution >= 4 is 15.9 Å². The zero-order valence-electron chi connectivity index (χ0n) is 11.9. The monoisotopic (exact) mass is 348 g/mol. The first-order chi connectivity index (χ1) is 10.5. The summed E-state index contributed by atoms with van der Waals surface area (Å²) in [5.74, 6) is -1.18. The van der Waals surface area contributed by atoms with Crippen LogP contribution in [-0.4, -0.2) is 19.3 Å². The number of halogens is 3. The minimum Gasteiger partial charge on any atom is -0.465 e. The number of aromatic nitrogens is 1. The highest BCUT2D eigenvalue weighted by Crippen LogP contribution is 2.31. The highest BCUT2D eigenvalue weighted by atomic mass is 32.2. The number of carbonyl (C=O) groups is 1. The number of rotatable bonds is 3. The van der Waals surface area contributed by atoms with Crippen LogP contribution in [0.5, 0.6) is 0 Å². The molecule has 0 aromatic carbocycles. The summed E-state index contributed by atoms with van der Waals surface area (Å²) in [4.78, 5) is 14.9. The number of hydrogen-bond acceptors (Lipinski definition) is 5. The molecule has 0 saturated heterocycles. The fraction of sp³-hybridized carbons (Fsp3) is 0.231. The second kappa shape index (κ2) is 5.69. The molecule has 0 aliphatic rings. The fourth-order valence-electron chi connectivity index (χ4n) is 1.91. The Bertz CT molecular complexity index is 856. The van der Waals surface area contributed by atoms with Crippen molar-refractivity contribution in [3.8, 4) is 0 Å². The van der Waals surface area contributed by atoms with E-state index in [1.807, 2.05) is 0 Å². The van der Waals surface area contributed by atoms with E-state index in [0.29, 0.717) is 6.07 Å². The van der Waals surface area contributed by atoms with E-state index in [0.717, 1.165) is 18.3 Å². The Morgan fingerprint density at radius 1 is 1.30 bits per heavy atom. The van der Waals surface area contributed by atoms with Gasteiger partial charge >= 0.3 is 6.18 Å². The van der Waals surface area contributed by atoms with Crippen LogP contribution in [0.15, 0.2) is 33.7 Å². The Balaban J connectivity index is 2.39. The molecule has 10 heteroatoms. The first-order valence-corrected chi connectivity index (χ1v) is 7.67. The Hall–Kier alpha value is -2.36. The van der Waals surface area contributed by atoms with Gasteiger partial charge in [0.25, 0.3) is 15.9 Å². The number of sulfonamides is 1. The Morgan fingerprint density at radius 2 is 1.96 bits per heavy atom.